The van der Waals surface area contributed by atoms with E-state index in [0.717, 1.165) is 47.4 Å². The lowest BCUT2D eigenvalue weighted by Crippen LogP contribution is -2.52. The summed E-state index contributed by atoms with van der Waals surface area (Å²) < 4.78 is 22.9. The zero-order chi connectivity index (χ0) is 22.7. The number of sulfone groups is 1. The van der Waals surface area contributed by atoms with Gasteiger partial charge in [-0.1, -0.05) is 28.4 Å². The molecule has 1 aliphatic carbocycles. The largest absolute Gasteiger partial charge is 0.384 e. The Balaban J connectivity index is 1.42. The van der Waals surface area contributed by atoms with Crippen molar-refractivity contribution in [1.82, 2.24) is 5.32 Å². The fraction of sp³-hybridized carbons (Fsp3) is 0.455. The highest BCUT2D eigenvalue weighted by Crippen LogP contribution is 2.42. The number of thiophene rings is 1. The summed E-state index contributed by atoms with van der Waals surface area (Å²) in [6, 6.07) is 5.05. The van der Waals surface area contributed by atoms with Gasteiger partial charge in [0.15, 0.2) is 15.4 Å². The molecule has 1 unspecified atom stereocenters. The van der Waals surface area contributed by atoms with Crippen LogP contribution in [0.5, 0.6) is 0 Å². The Labute approximate surface area is 200 Å². The molecule has 1 fully saturated rings. The zero-order valence-electron chi connectivity index (χ0n) is 17.4. The van der Waals surface area contributed by atoms with Crippen molar-refractivity contribution in [3.05, 3.63) is 54.7 Å². The van der Waals surface area contributed by atoms with Crippen molar-refractivity contribution in [2.24, 2.45) is 5.16 Å². The second kappa shape index (κ2) is 8.01. The Morgan fingerprint density at radius 3 is 2.47 bits per heavy atom. The van der Waals surface area contributed by atoms with E-state index in [2.05, 4.69) is 10.5 Å². The predicted octanol–water partition coefficient (Wildman–Crippen LogP) is 4.50. The minimum absolute atomic E-state index is 0.0141. The number of nitrogens with one attached hydrogen (secondary N) is 1. The molecular weight excluding hydrogens is 491 g/mol. The Bertz CT molecular complexity index is 1220. The summed E-state index contributed by atoms with van der Waals surface area (Å²) in [7, 11) is -2.99. The van der Waals surface area contributed by atoms with E-state index in [1.54, 1.807) is 6.07 Å². The number of carbonyl (C=O) groups is 1. The maximum atomic E-state index is 13.0. The fourth-order valence-electron chi connectivity index (χ4n) is 4.62. The lowest BCUT2D eigenvalue weighted by atomic mass is 9.87. The van der Waals surface area contributed by atoms with Crippen LogP contribution in [-0.2, 0) is 33.1 Å². The number of halogens is 2. The van der Waals surface area contributed by atoms with Crippen LogP contribution in [0, 0.1) is 0 Å². The van der Waals surface area contributed by atoms with Gasteiger partial charge in [-0.3, -0.25) is 4.79 Å². The van der Waals surface area contributed by atoms with Gasteiger partial charge in [-0.05, 0) is 61.9 Å². The first-order chi connectivity index (χ1) is 15.1. The SMILES string of the molecule is CC1(c2cc(Cl)cc(Cl)c2)CC(c2sc(C(=O)NC3CS(=O)(=O)C3)c3c2CCCC3)=NO1. The first kappa shape index (κ1) is 22.2. The second-order valence-corrected chi connectivity index (χ2v) is 12.9. The van der Waals surface area contributed by atoms with E-state index in [-0.39, 0.29) is 23.5 Å². The van der Waals surface area contributed by atoms with Crippen LogP contribution < -0.4 is 5.32 Å². The molecule has 2 aliphatic heterocycles. The van der Waals surface area contributed by atoms with Crippen LogP contribution in [0.15, 0.2) is 23.4 Å². The van der Waals surface area contributed by atoms with E-state index in [1.807, 2.05) is 19.1 Å². The number of amides is 1. The molecule has 0 radical (unpaired) electrons. The van der Waals surface area contributed by atoms with Gasteiger partial charge in [0.1, 0.15) is 5.71 Å². The van der Waals surface area contributed by atoms with Crippen molar-refractivity contribution < 1.29 is 18.0 Å². The monoisotopic (exact) mass is 512 g/mol. The molecule has 0 saturated carbocycles. The van der Waals surface area contributed by atoms with Crippen LogP contribution in [0.2, 0.25) is 10.0 Å². The van der Waals surface area contributed by atoms with Crippen LogP contribution in [0.1, 0.15) is 57.4 Å². The van der Waals surface area contributed by atoms with Crippen molar-refractivity contribution in [2.75, 3.05) is 11.5 Å². The van der Waals surface area contributed by atoms with Crippen LogP contribution in [0.25, 0.3) is 0 Å². The number of benzene rings is 1. The van der Waals surface area contributed by atoms with Gasteiger partial charge in [-0.25, -0.2) is 8.42 Å². The topological polar surface area (TPSA) is 84.8 Å². The molecule has 10 heteroatoms. The molecule has 5 rings (SSSR count). The molecule has 1 aromatic heterocycles. The van der Waals surface area contributed by atoms with Gasteiger partial charge in [-0.2, -0.15) is 0 Å². The average molecular weight is 513 g/mol. The molecular formula is C22H22Cl2N2O4S2. The molecule has 3 aliphatic rings. The summed E-state index contributed by atoms with van der Waals surface area (Å²) in [5.74, 6) is -0.163. The third kappa shape index (κ3) is 4.06. The highest BCUT2D eigenvalue weighted by Gasteiger charge is 2.40. The minimum atomic E-state index is -2.99. The molecule has 6 nitrogen and oxygen atoms in total. The summed E-state index contributed by atoms with van der Waals surface area (Å²) in [5.41, 5.74) is 3.21. The Hall–Kier alpha value is -1.61. The van der Waals surface area contributed by atoms with Gasteiger partial charge in [0.2, 0.25) is 0 Å². The quantitative estimate of drug-likeness (QED) is 0.653. The van der Waals surface area contributed by atoms with Gasteiger partial charge in [0, 0.05) is 22.0 Å². The summed E-state index contributed by atoms with van der Waals surface area (Å²) in [6.07, 6.45) is 4.37. The molecule has 2 aromatic rings. The van der Waals surface area contributed by atoms with E-state index in [0.29, 0.717) is 21.3 Å². The molecule has 1 amide bonds. The van der Waals surface area contributed by atoms with Crippen molar-refractivity contribution in [1.29, 1.82) is 0 Å². The Morgan fingerprint density at radius 2 is 1.81 bits per heavy atom. The molecule has 1 atom stereocenters. The number of hydrogen-bond donors (Lipinski definition) is 1. The molecule has 1 saturated heterocycles. The number of hydrogen-bond acceptors (Lipinski definition) is 6. The van der Waals surface area contributed by atoms with Crippen LogP contribution >= 0.6 is 34.5 Å². The second-order valence-electron chi connectivity index (χ2n) is 8.87. The van der Waals surface area contributed by atoms with Gasteiger partial charge >= 0.3 is 0 Å². The molecule has 1 N–H and O–H groups in total. The lowest BCUT2D eigenvalue weighted by molar-refractivity contribution is -0.00737. The van der Waals surface area contributed by atoms with Gasteiger partial charge in [0.25, 0.3) is 5.91 Å². The first-order valence-corrected chi connectivity index (χ1v) is 13.9. The molecule has 170 valence electrons. The summed E-state index contributed by atoms with van der Waals surface area (Å²) in [4.78, 5) is 20.5. The molecule has 3 heterocycles. The van der Waals surface area contributed by atoms with E-state index >= 15 is 0 Å². The van der Waals surface area contributed by atoms with Crippen LogP contribution in [0.4, 0.5) is 0 Å². The number of fused-ring (bicyclic) bond motifs is 1. The number of rotatable bonds is 4. The van der Waals surface area contributed by atoms with Crippen molar-refractivity contribution in [3.8, 4) is 0 Å². The van der Waals surface area contributed by atoms with Crippen molar-refractivity contribution >= 4 is 56.0 Å². The highest BCUT2D eigenvalue weighted by atomic mass is 35.5. The van der Waals surface area contributed by atoms with Crippen molar-refractivity contribution in [3.63, 3.8) is 0 Å². The van der Waals surface area contributed by atoms with Gasteiger partial charge in [0.05, 0.1) is 27.3 Å². The fourth-order valence-corrected chi connectivity index (χ4v) is 7.72. The molecule has 0 spiro atoms. The van der Waals surface area contributed by atoms with Gasteiger partial charge < -0.3 is 10.2 Å². The van der Waals surface area contributed by atoms with Crippen LogP contribution in [-0.4, -0.2) is 37.6 Å². The zero-order valence-corrected chi connectivity index (χ0v) is 20.6. The van der Waals surface area contributed by atoms with E-state index in [9.17, 15) is 13.2 Å². The Kier molecular flexibility index (Phi) is 5.55. The summed E-state index contributed by atoms with van der Waals surface area (Å²) in [6.45, 7) is 1.95. The van der Waals surface area contributed by atoms with E-state index in [4.69, 9.17) is 28.0 Å². The lowest BCUT2D eigenvalue weighted by Gasteiger charge is -2.26. The van der Waals surface area contributed by atoms with Crippen molar-refractivity contribution in [2.45, 2.75) is 50.7 Å². The third-order valence-electron chi connectivity index (χ3n) is 6.27. The number of carbonyl (C=O) groups excluding carboxylic acids is 1. The van der Waals surface area contributed by atoms with Gasteiger partial charge in [-0.15, -0.1) is 11.3 Å². The normalized spacial score (nSPS) is 24.3. The van der Waals surface area contributed by atoms with E-state index in [1.165, 1.54) is 16.9 Å². The molecule has 0 bridgehead atoms. The van der Waals surface area contributed by atoms with Crippen LogP contribution in [0.3, 0.4) is 0 Å². The first-order valence-electron chi connectivity index (χ1n) is 10.5. The number of oxime groups is 1. The summed E-state index contributed by atoms with van der Waals surface area (Å²) >= 11 is 13.8. The third-order valence-corrected chi connectivity index (χ3v) is 9.85. The summed E-state index contributed by atoms with van der Waals surface area (Å²) in [5, 5.41) is 8.38. The Morgan fingerprint density at radius 1 is 1.16 bits per heavy atom. The standard InChI is InChI=1S/C22H22Cl2N2O4S2/c1-22(12-6-13(23)8-14(24)7-12)9-18(26-30-22)19-16-4-2-3-5-17(16)20(31-19)21(27)25-15-10-32(28,29)11-15/h6-8,15H,2-5,9-11H2,1H3,(H,25,27). The van der Waals surface area contributed by atoms with E-state index < -0.39 is 15.4 Å². The maximum Gasteiger partial charge on any atom is 0.261 e. The smallest absolute Gasteiger partial charge is 0.261 e. The predicted molar refractivity (Wildman–Crippen MR) is 127 cm³/mol. The molecule has 32 heavy (non-hydrogen) atoms. The maximum absolute atomic E-state index is 13.0. The average Bonchev–Trinajstić information content (AvgIpc) is 3.28. The molecule has 1 aromatic carbocycles. The highest BCUT2D eigenvalue weighted by molar-refractivity contribution is 7.92. The minimum Gasteiger partial charge on any atom is -0.384 e. The number of nitrogens with zero attached hydrogens (tertiary/aromatic N) is 1.